The quantitative estimate of drug-likeness (QED) is 0.260. The van der Waals surface area contributed by atoms with Crippen molar-refractivity contribution in [3.05, 3.63) is 0 Å². The summed E-state index contributed by atoms with van der Waals surface area (Å²) < 4.78 is 10.1. The SMILES string of the molecule is O=P(O)(O)CC[Si](O)(O)O. The van der Waals surface area contributed by atoms with E-state index in [1.54, 1.807) is 0 Å². The monoisotopic (exact) mass is 188 g/mol. The molecule has 0 unspecified atom stereocenters. The highest BCUT2D eigenvalue weighted by atomic mass is 31.2. The van der Waals surface area contributed by atoms with Crippen LogP contribution in [0.2, 0.25) is 6.04 Å². The first-order valence-corrected chi connectivity index (χ1v) is 6.27. The van der Waals surface area contributed by atoms with Gasteiger partial charge in [-0.2, -0.15) is 0 Å². The van der Waals surface area contributed by atoms with Gasteiger partial charge in [0, 0.05) is 6.04 Å². The van der Waals surface area contributed by atoms with E-state index < -0.39 is 28.6 Å². The Morgan fingerprint density at radius 2 is 1.60 bits per heavy atom. The Morgan fingerprint density at radius 1 is 1.20 bits per heavy atom. The fraction of sp³-hybridized carbons (Fsp3) is 1.00. The minimum atomic E-state index is -4.26. The predicted molar refractivity (Wildman–Crippen MR) is 34.1 cm³/mol. The van der Waals surface area contributed by atoms with Crippen LogP contribution in [0.5, 0.6) is 0 Å². The molecule has 62 valence electrons. The van der Waals surface area contributed by atoms with Crippen molar-refractivity contribution in [3.63, 3.8) is 0 Å². The van der Waals surface area contributed by atoms with Crippen LogP contribution in [-0.4, -0.2) is 39.1 Å². The molecule has 0 heterocycles. The van der Waals surface area contributed by atoms with Crippen molar-refractivity contribution in [2.45, 2.75) is 6.04 Å². The first kappa shape index (κ1) is 10.2. The summed E-state index contributed by atoms with van der Waals surface area (Å²) in [4.78, 5) is 41.2. The lowest BCUT2D eigenvalue weighted by atomic mass is 11.0. The Morgan fingerprint density at radius 3 is 1.70 bits per heavy atom. The van der Waals surface area contributed by atoms with Gasteiger partial charge in [-0.15, -0.1) is 0 Å². The molecule has 0 rings (SSSR count). The highest BCUT2D eigenvalue weighted by Gasteiger charge is 2.30. The lowest BCUT2D eigenvalue weighted by molar-refractivity contribution is 0.228. The molecular weight excluding hydrogens is 179 g/mol. The average Bonchev–Trinajstić information content (AvgIpc) is 1.57. The lowest BCUT2D eigenvalue weighted by Gasteiger charge is -2.08. The molecule has 6 nitrogen and oxygen atoms in total. The Labute approximate surface area is 58.3 Å². The normalized spacial score (nSPS) is 13.7. The molecule has 0 aromatic heterocycles. The maximum atomic E-state index is 10.1. The highest BCUT2D eigenvalue weighted by Crippen LogP contribution is 2.35. The number of rotatable bonds is 3. The molecule has 0 radical (unpaired) electrons. The summed E-state index contributed by atoms with van der Waals surface area (Å²) in [6, 6.07) is -0.628. The van der Waals surface area contributed by atoms with Crippen LogP contribution >= 0.6 is 7.60 Å². The smallest absolute Gasteiger partial charge is 0.390 e. The summed E-state index contributed by atoms with van der Waals surface area (Å²) in [7, 11) is -8.47. The summed E-state index contributed by atoms with van der Waals surface area (Å²) in [5.74, 6) is 0. The number of hydrogen-bond acceptors (Lipinski definition) is 4. The summed E-state index contributed by atoms with van der Waals surface area (Å²) >= 11 is 0. The van der Waals surface area contributed by atoms with E-state index in [0.717, 1.165) is 0 Å². The third-order valence-electron chi connectivity index (χ3n) is 0.739. The molecular formula is C2H9O6PSi. The Bertz CT molecular complexity index is 144. The molecule has 0 aromatic carbocycles. The Kier molecular flexibility index (Phi) is 3.17. The van der Waals surface area contributed by atoms with Gasteiger partial charge < -0.3 is 24.2 Å². The van der Waals surface area contributed by atoms with E-state index >= 15 is 0 Å². The Hall–Kier alpha value is 0.247. The van der Waals surface area contributed by atoms with E-state index in [-0.39, 0.29) is 0 Å². The molecule has 0 aliphatic rings. The van der Waals surface area contributed by atoms with Gasteiger partial charge in [-0.05, 0) is 0 Å². The van der Waals surface area contributed by atoms with Crippen LogP contribution in [0.4, 0.5) is 0 Å². The molecule has 0 saturated carbocycles. The number of hydrogen-bond donors (Lipinski definition) is 5. The van der Waals surface area contributed by atoms with E-state index in [4.69, 9.17) is 24.2 Å². The minimum absolute atomic E-state index is 0.628. The van der Waals surface area contributed by atoms with Crippen molar-refractivity contribution in [1.82, 2.24) is 0 Å². The van der Waals surface area contributed by atoms with E-state index in [1.807, 2.05) is 0 Å². The van der Waals surface area contributed by atoms with Crippen LogP contribution in [0, 0.1) is 0 Å². The first-order valence-electron chi connectivity index (χ1n) is 2.42. The van der Waals surface area contributed by atoms with Gasteiger partial charge in [-0.1, -0.05) is 0 Å². The standard InChI is InChI=1S/C2H9O6PSi/c3-9(4,5)1-2-10(6,7)8/h6-8H,1-2H2,(H2,3,4,5). The third-order valence-corrected chi connectivity index (χ3v) is 2.89. The Balaban J connectivity index is 3.67. The van der Waals surface area contributed by atoms with Gasteiger partial charge in [0.15, 0.2) is 0 Å². The molecule has 5 N–H and O–H groups in total. The fourth-order valence-electron chi connectivity index (χ4n) is 0.296. The maximum absolute atomic E-state index is 10.1. The van der Waals surface area contributed by atoms with Crippen molar-refractivity contribution in [2.24, 2.45) is 0 Å². The second-order valence-corrected chi connectivity index (χ2v) is 5.74. The lowest BCUT2D eigenvalue weighted by Crippen LogP contribution is -2.35. The van der Waals surface area contributed by atoms with Crippen molar-refractivity contribution in [1.29, 1.82) is 0 Å². The van der Waals surface area contributed by atoms with Crippen LogP contribution in [0.3, 0.4) is 0 Å². The summed E-state index contributed by atoms with van der Waals surface area (Å²) in [6.07, 6.45) is -0.692. The van der Waals surface area contributed by atoms with Gasteiger partial charge in [0.05, 0.1) is 6.16 Å². The van der Waals surface area contributed by atoms with E-state index in [0.29, 0.717) is 0 Å². The van der Waals surface area contributed by atoms with Crippen molar-refractivity contribution < 1.29 is 28.7 Å². The van der Waals surface area contributed by atoms with Crippen LogP contribution < -0.4 is 0 Å². The van der Waals surface area contributed by atoms with Gasteiger partial charge in [0.1, 0.15) is 0 Å². The molecule has 0 spiro atoms. The molecule has 0 aliphatic heterocycles. The third kappa shape index (κ3) is 8.25. The second-order valence-electron chi connectivity index (χ2n) is 1.91. The molecule has 0 saturated heterocycles. The van der Waals surface area contributed by atoms with Gasteiger partial charge in [-0.3, -0.25) is 4.57 Å². The van der Waals surface area contributed by atoms with Crippen LogP contribution in [-0.2, 0) is 4.57 Å². The van der Waals surface area contributed by atoms with Crippen LogP contribution in [0.15, 0.2) is 0 Å². The van der Waals surface area contributed by atoms with Crippen molar-refractivity contribution in [3.8, 4) is 0 Å². The molecule has 0 bridgehead atoms. The first-order chi connectivity index (χ1) is 4.21. The van der Waals surface area contributed by atoms with E-state index in [9.17, 15) is 4.57 Å². The highest BCUT2D eigenvalue weighted by molar-refractivity contribution is 7.51. The minimum Gasteiger partial charge on any atom is -0.390 e. The summed E-state index contributed by atoms with van der Waals surface area (Å²) in [6.45, 7) is 0. The summed E-state index contributed by atoms with van der Waals surface area (Å²) in [5, 5.41) is 0. The molecule has 10 heavy (non-hydrogen) atoms. The fourth-order valence-corrected chi connectivity index (χ4v) is 2.66. The summed E-state index contributed by atoms with van der Waals surface area (Å²) in [5.41, 5.74) is 0. The largest absolute Gasteiger partial charge is 0.493 e. The van der Waals surface area contributed by atoms with Gasteiger partial charge in [0.2, 0.25) is 0 Å². The zero-order chi connectivity index (χ0) is 8.41. The molecule has 0 aliphatic carbocycles. The van der Waals surface area contributed by atoms with Gasteiger partial charge >= 0.3 is 16.4 Å². The molecule has 0 fully saturated rings. The van der Waals surface area contributed by atoms with Crippen molar-refractivity contribution in [2.75, 3.05) is 6.16 Å². The van der Waals surface area contributed by atoms with Gasteiger partial charge in [0.25, 0.3) is 0 Å². The topological polar surface area (TPSA) is 118 Å². The molecule has 0 aromatic rings. The average molecular weight is 188 g/mol. The van der Waals surface area contributed by atoms with Crippen molar-refractivity contribution >= 4 is 16.4 Å². The van der Waals surface area contributed by atoms with Crippen LogP contribution in [0.25, 0.3) is 0 Å². The maximum Gasteiger partial charge on any atom is 0.493 e. The zero-order valence-corrected chi connectivity index (χ0v) is 6.90. The molecule has 0 amide bonds. The molecule has 8 heteroatoms. The predicted octanol–water partition coefficient (Wildman–Crippen LogP) is -1.92. The van der Waals surface area contributed by atoms with Crippen LogP contribution in [0.1, 0.15) is 0 Å². The van der Waals surface area contributed by atoms with Gasteiger partial charge in [-0.25, -0.2) is 0 Å². The van der Waals surface area contributed by atoms with E-state index in [2.05, 4.69) is 0 Å². The zero-order valence-electron chi connectivity index (χ0n) is 5.01. The molecule has 0 atom stereocenters. The second kappa shape index (κ2) is 3.10. The van der Waals surface area contributed by atoms with E-state index in [1.165, 1.54) is 0 Å².